The van der Waals surface area contributed by atoms with Crippen molar-refractivity contribution >= 4 is 17.7 Å². The Bertz CT molecular complexity index is 238. The van der Waals surface area contributed by atoms with Gasteiger partial charge in [-0.15, -0.1) is 11.8 Å². The minimum Gasteiger partial charge on any atom is -0.465 e. The zero-order valence-electron chi connectivity index (χ0n) is 6.11. The Morgan fingerprint density at radius 1 is 1.55 bits per heavy atom. The number of esters is 1. The minimum absolute atomic E-state index is 0.294. The molecule has 0 amide bonds. The molecule has 0 saturated carbocycles. The average Bonchev–Trinajstić information content (AvgIpc) is 2.30. The number of carbonyl (C=O) groups excluding carboxylic acids is 1. The molecule has 2 nitrogen and oxygen atoms in total. The highest BCUT2D eigenvalue weighted by atomic mass is 32.2. The molecule has 0 aliphatic carbocycles. The van der Waals surface area contributed by atoms with Crippen LogP contribution in [0.3, 0.4) is 0 Å². The molecule has 0 fully saturated rings. The Kier molecular flexibility index (Phi) is 2.98. The summed E-state index contributed by atoms with van der Waals surface area (Å²) in [7, 11) is 1.38. The van der Waals surface area contributed by atoms with Crippen molar-refractivity contribution in [2.45, 2.75) is 0 Å². The summed E-state index contributed by atoms with van der Waals surface area (Å²) in [6.45, 7) is 0. The van der Waals surface area contributed by atoms with E-state index in [0.29, 0.717) is 5.57 Å². The summed E-state index contributed by atoms with van der Waals surface area (Å²) >= 11 is 1.46. The first-order valence-electron chi connectivity index (χ1n) is 3.12. The molecule has 1 aliphatic heterocycles. The van der Waals surface area contributed by atoms with Gasteiger partial charge in [-0.05, 0) is 16.9 Å². The van der Waals surface area contributed by atoms with Crippen LogP contribution in [0, 0.1) is 0 Å². The first-order chi connectivity index (χ1) is 5.34. The Morgan fingerprint density at radius 3 is 3.09 bits per heavy atom. The number of hydrogen-bond acceptors (Lipinski definition) is 3. The van der Waals surface area contributed by atoms with Gasteiger partial charge in [0.2, 0.25) is 0 Å². The van der Waals surface area contributed by atoms with Gasteiger partial charge >= 0.3 is 5.97 Å². The lowest BCUT2D eigenvalue weighted by atomic mass is 10.3. The van der Waals surface area contributed by atoms with E-state index in [1.54, 1.807) is 11.5 Å². The van der Waals surface area contributed by atoms with Crippen molar-refractivity contribution in [2.24, 2.45) is 0 Å². The molecule has 0 N–H and O–H groups in total. The Hall–Kier alpha value is -0.960. The molecule has 0 atom stereocenters. The number of methoxy groups -OCH3 is 1. The second kappa shape index (κ2) is 4.03. The molecule has 0 saturated heterocycles. The molecule has 0 bridgehead atoms. The van der Waals surface area contributed by atoms with E-state index in [9.17, 15) is 4.79 Å². The maximum Gasteiger partial charge on any atom is 0.338 e. The molecular weight excluding hydrogens is 160 g/mol. The van der Waals surface area contributed by atoms with Crippen molar-refractivity contribution in [3.8, 4) is 0 Å². The Balaban J connectivity index is 2.72. The molecule has 0 unspecified atom stereocenters. The lowest BCUT2D eigenvalue weighted by Crippen LogP contribution is -2.01. The highest BCUT2D eigenvalue weighted by molar-refractivity contribution is 8.04. The van der Waals surface area contributed by atoms with Crippen molar-refractivity contribution in [1.29, 1.82) is 0 Å². The second-order valence-electron chi connectivity index (χ2n) is 1.89. The topological polar surface area (TPSA) is 26.3 Å². The van der Waals surface area contributed by atoms with Crippen molar-refractivity contribution in [3.63, 3.8) is 0 Å². The standard InChI is InChI=1S/C8H8O2S/c1-10-8(9)7-4-2-3-5-11-6-7/h2-6H,1H3. The molecule has 0 aromatic rings. The third-order valence-corrected chi connectivity index (χ3v) is 1.86. The fourth-order valence-electron chi connectivity index (χ4n) is 0.636. The van der Waals surface area contributed by atoms with Crippen LogP contribution in [0.15, 0.2) is 34.6 Å². The SMILES string of the molecule is COC(=O)C1=CSC=CC=C1. The van der Waals surface area contributed by atoms with Crippen LogP contribution in [0.5, 0.6) is 0 Å². The van der Waals surface area contributed by atoms with Gasteiger partial charge in [-0.2, -0.15) is 0 Å². The molecule has 0 radical (unpaired) electrons. The number of hydrogen-bond donors (Lipinski definition) is 0. The van der Waals surface area contributed by atoms with Gasteiger partial charge in [0, 0.05) is 0 Å². The number of allylic oxidation sites excluding steroid dienone is 2. The summed E-state index contributed by atoms with van der Waals surface area (Å²) in [5.41, 5.74) is 0.586. The smallest absolute Gasteiger partial charge is 0.338 e. The predicted molar refractivity (Wildman–Crippen MR) is 46.0 cm³/mol. The van der Waals surface area contributed by atoms with Gasteiger partial charge in [0.15, 0.2) is 0 Å². The first-order valence-corrected chi connectivity index (χ1v) is 4.06. The van der Waals surface area contributed by atoms with Gasteiger partial charge in [0.1, 0.15) is 0 Å². The Labute approximate surface area is 69.6 Å². The van der Waals surface area contributed by atoms with E-state index in [-0.39, 0.29) is 5.97 Å². The third-order valence-electron chi connectivity index (χ3n) is 1.16. The third kappa shape index (κ3) is 2.27. The molecule has 3 heteroatoms. The van der Waals surface area contributed by atoms with Crippen LogP contribution in [-0.4, -0.2) is 13.1 Å². The molecular formula is C8H8O2S. The fourth-order valence-corrected chi connectivity index (χ4v) is 1.22. The van der Waals surface area contributed by atoms with Crippen LogP contribution >= 0.6 is 11.8 Å². The van der Waals surface area contributed by atoms with Crippen molar-refractivity contribution in [1.82, 2.24) is 0 Å². The van der Waals surface area contributed by atoms with E-state index in [1.807, 2.05) is 17.6 Å². The highest BCUT2D eigenvalue weighted by Crippen LogP contribution is 2.14. The zero-order valence-corrected chi connectivity index (χ0v) is 6.93. The second-order valence-corrected chi connectivity index (χ2v) is 2.67. The van der Waals surface area contributed by atoms with Gasteiger partial charge in [0.05, 0.1) is 12.7 Å². The molecule has 0 aromatic heterocycles. The molecule has 11 heavy (non-hydrogen) atoms. The van der Waals surface area contributed by atoms with Crippen molar-refractivity contribution < 1.29 is 9.53 Å². The Morgan fingerprint density at radius 2 is 2.36 bits per heavy atom. The highest BCUT2D eigenvalue weighted by Gasteiger charge is 2.04. The number of rotatable bonds is 1. The van der Waals surface area contributed by atoms with E-state index in [1.165, 1.54) is 18.9 Å². The van der Waals surface area contributed by atoms with Crippen LogP contribution in [0.4, 0.5) is 0 Å². The molecule has 1 heterocycles. The van der Waals surface area contributed by atoms with Crippen LogP contribution in [-0.2, 0) is 9.53 Å². The zero-order chi connectivity index (χ0) is 8.10. The first kappa shape index (κ1) is 8.14. The van der Waals surface area contributed by atoms with E-state index < -0.39 is 0 Å². The summed E-state index contributed by atoms with van der Waals surface area (Å²) in [5, 5.41) is 3.65. The number of carbonyl (C=O) groups is 1. The van der Waals surface area contributed by atoms with Crippen LogP contribution < -0.4 is 0 Å². The monoisotopic (exact) mass is 168 g/mol. The summed E-state index contributed by atoms with van der Waals surface area (Å²) in [6.07, 6.45) is 5.40. The lowest BCUT2D eigenvalue weighted by Gasteiger charge is -1.96. The molecule has 1 rings (SSSR count). The van der Waals surface area contributed by atoms with Gasteiger partial charge in [-0.1, -0.05) is 12.2 Å². The number of thioether (sulfide) groups is 1. The molecule has 58 valence electrons. The van der Waals surface area contributed by atoms with Gasteiger partial charge < -0.3 is 4.74 Å². The van der Waals surface area contributed by atoms with E-state index in [0.717, 1.165) is 0 Å². The summed E-state index contributed by atoms with van der Waals surface area (Å²) in [6, 6.07) is 0. The predicted octanol–water partition coefficient (Wildman–Crippen LogP) is 1.86. The summed E-state index contributed by atoms with van der Waals surface area (Å²) < 4.78 is 4.55. The van der Waals surface area contributed by atoms with Crippen molar-refractivity contribution in [3.05, 3.63) is 34.6 Å². The molecule has 1 aliphatic rings. The number of ether oxygens (including phenoxy) is 1. The van der Waals surface area contributed by atoms with Crippen LogP contribution in [0.2, 0.25) is 0 Å². The lowest BCUT2D eigenvalue weighted by molar-refractivity contribution is -0.135. The van der Waals surface area contributed by atoms with Crippen LogP contribution in [0.1, 0.15) is 0 Å². The molecule has 0 spiro atoms. The van der Waals surface area contributed by atoms with E-state index in [2.05, 4.69) is 4.74 Å². The fraction of sp³-hybridized carbons (Fsp3) is 0.125. The normalized spacial score (nSPS) is 15.5. The summed E-state index contributed by atoms with van der Waals surface area (Å²) in [4.78, 5) is 10.9. The maximum absolute atomic E-state index is 10.9. The quantitative estimate of drug-likeness (QED) is 0.559. The molecule has 0 aromatic carbocycles. The van der Waals surface area contributed by atoms with Crippen LogP contribution in [0.25, 0.3) is 0 Å². The van der Waals surface area contributed by atoms with Crippen molar-refractivity contribution in [2.75, 3.05) is 7.11 Å². The van der Waals surface area contributed by atoms with Gasteiger partial charge in [0.25, 0.3) is 0 Å². The van der Waals surface area contributed by atoms with E-state index in [4.69, 9.17) is 0 Å². The van der Waals surface area contributed by atoms with Gasteiger partial charge in [-0.3, -0.25) is 0 Å². The van der Waals surface area contributed by atoms with E-state index >= 15 is 0 Å². The van der Waals surface area contributed by atoms with Gasteiger partial charge in [-0.25, -0.2) is 4.79 Å². The summed E-state index contributed by atoms with van der Waals surface area (Å²) in [5.74, 6) is -0.294. The maximum atomic E-state index is 10.9. The largest absolute Gasteiger partial charge is 0.465 e. The minimum atomic E-state index is -0.294. The average molecular weight is 168 g/mol.